The molecule has 0 saturated carbocycles. The number of rotatable bonds is 6. The van der Waals surface area contributed by atoms with Crippen molar-refractivity contribution >= 4 is 45.0 Å². The number of carbonyl (C=O) groups is 1. The van der Waals surface area contributed by atoms with Crippen LogP contribution in [-0.4, -0.2) is 55.7 Å². The predicted molar refractivity (Wildman–Crippen MR) is 119 cm³/mol. The van der Waals surface area contributed by atoms with E-state index in [2.05, 4.69) is 16.4 Å². The molecule has 0 radical (unpaired) electrons. The SMILES string of the molecule is Cc1cc(C)c(C#N)c(SCC(=O)Nc2cc(S(=O)(=O)N3CCOCC3)ccc2Cl)n1. The number of amides is 1. The minimum Gasteiger partial charge on any atom is -0.379 e. The van der Waals surface area contributed by atoms with E-state index in [-0.39, 0.29) is 34.4 Å². The van der Waals surface area contributed by atoms with Gasteiger partial charge in [-0.2, -0.15) is 9.57 Å². The van der Waals surface area contributed by atoms with E-state index in [1.54, 1.807) is 0 Å². The highest BCUT2D eigenvalue weighted by atomic mass is 35.5. The van der Waals surface area contributed by atoms with Gasteiger partial charge in [0.05, 0.1) is 40.1 Å². The number of benzene rings is 1. The van der Waals surface area contributed by atoms with Crippen LogP contribution in [-0.2, 0) is 19.6 Å². The van der Waals surface area contributed by atoms with E-state index in [0.717, 1.165) is 23.0 Å². The molecule has 1 aromatic carbocycles. The smallest absolute Gasteiger partial charge is 0.243 e. The van der Waals surface area contributed by atoms with Crippen molar-refractivity contribution in [3.05, 3.63) is 46.1 Å². The van der Waals surface area contributed by atoms with Crippen LogP contribution in [0.1, 0.15) is 16.8 Å². The van der Waals surface area contributed by atoms with Crippen LogP contribution in [0, 0.1) is 25.2 Å². The third kappa shape index (κ3) is 5.56. The second kappa shape index (κ2) is 9.97. The number of aromatic nitrogens is 1. The van der Waals surface area contributed by atoms with Gasteiger partial charge in [0.2, 0.25) is 15.9 Å². The van der Waals surface area contributed by atoms with Crippen LogP contribution in [0.4, 0.5) is 5.69 Å². The van der Waals surface area contributed by atoms with Crippen LogP contribution in [0.15, 0.2) is 34.2 Å². The first-order valence-corrected chi connectivity index (χ1v) is 12.2. The van der Waals surface area contributed by atoms with Crippen LogP contribution in [0.5, 0.6) is 0 Å². The summed E-state index contributed by atoms with van der Waals surface area (Å²) in [4.78, 5) is 16.9. The number of nitrogens with one attached hydrogen (secondary N) is 1. The van der Waals surface area contributed by atoms with E-state index < -0.39 is 15.9 Å². The van der Waals surface area contributed by atoms with Gasteiger partial charge in [0.15, 0.2) is 0 Å². The normalized spacial score (nSPS) is 14.8. The average molecular weight is 481 g/mol. The predicted octanol–water partition coefficient (Wildman–Crippen LogP) is 2.98. The van der Waals surface area contributed by atoms with E-state index in [0.29, 0.717) is 23.8 Å². The van der Waals surface area contributed by atoms with Crippen molar-refractivity contribution in [2.75, 3.05) is 37.4 Å². The zero-order valence-corrected chi connectivity index (χ0v) is 19.4. The highest BCUT2D eigenvalue weighted by molar-refractivity contribution is 8.00. The number of sulfonamides is 1. The van der Waals surface area contributed by atoms with Crippen LogP contribution in [0.2, 0.25) is 5.02 Å². The molecule has 1 saturated heterocycles. The van der Waals surface area contributed by atoms with Crippen LogP contribution in [0.25, 0.3) is 0 Å². The molecule has 2 aromatic rings. The molecular weight excluding hydrogens is 460 g/mol. The van der Waals surface area contributed by atoms with Crippen molar-refractivity contribution < 1.29 is 17.9 Å². The average Bonchev–Trinajstić information content (AvgIpc) is 2.74. The van der Waals surface area contributed by atoms with Crippen molar-refractivity contribution in [3.63, 3.8) is 0 Å². The fourth-order valence-electron chi connectivity index (χ4n) is 3.06. The van der Waals surface area contributed by atoms with Crippen LogP contribution in [0.3, 0.4) is 0 Å². The number of hydrogen-bond donors (Lipinski definition) is 1. The molecular formula is C20H21ClN4O4S2. The summed E-state index contributed by atoms with van der Waals surface area (Å²) < 4.78 is 32.3. The molecule has 0 bridgehead atoms. The van der Waals surface area contributed by atoms with Crippen molar-refractivity contribution in [2.24, 2.45) is 0 Å². The molecule has 1 N–H and O–H groups in total. The Labute approximate surface area is 190 Å². The summed E-state index contributed by atoms with van der Waals surface area (Å²) in [5, 5.41) is 12.7. The highest BCUT2D eigenvalue weighted by Crippen LogP contribution is 2.28. The Hall–Kier alpha value is -2.16. The summed E-state index contributed by atoms with van der Waals surface area (Å²) >= 11 is 7.31. The first kappa shape index (κ1) is 23.5. The highest BCUT2D eigenvalue weighted by Gasteiger charge is 2.27. The van der Waals surface area contributed by atoms with E-state index in [1.165, 1.54) is 22.5 Å². The fraction of sp³-hybridized carbons (Fsp3) is 0.350. The Morgan fingerprint density at radius 3 is 2.71 bits per heavy atom. The van der Waals surface area contributed by atoms with Gasteiger partial charge in [0.25, 0.3) is 0 Å². The number of aryl methyl sites for hydroxylation is 2. The number of carbonyl (C=O) groups excluding carboxylic acids is 1. The summed E-state index contributed by atoms with van der Waals surface area (Å²) in [6.45, 7) is 4.85. The van der Waals surface area contributed by atoms with Gasteiger partial charge in [-0.3, -0.25) is 4.79 Å². The lowest BCUT2D eigenvalue weighted by molar-refractivity contribution is -0.113. The molecule has 2 heterocycles. The Kier molecular flexibility index (Phi) is 7.56. The van der Waals surface area contributed by atoms with Gasteiger partial charge in [0, 0.05) is 18.8 Å². The second-order valence-electron chi connectivity index (χ2n) is 6.87. The van der Waals surface area contributed by atoms with E-state index in [9.17, 15) is 18.5 Å². The number of nitriles is 1. The number of nitrogens with zero attached hydrogens (tertiary/aromatic N) is 3. The van der Waals surface area contributed by atoms with Crippen LogP contribution < -0.4 is 5.32 Å². The zero-order chi connectivity index (χ0) is 22.6. The third-order valence-electron chi connectivity index (χ3n) is 4.58. The van der Waals surface area contributed by atoms with Gasteiger partial charge < -0.3 is 10.1 Å². The molecule has 0 unspecified atom stereocenters. The summed E-state index contributed by atoms with van der Waals surface area (Å²) in [5.74, 6) is -0.404. The lowest BCUT2D eigenvalue weighted by Crippen LogP contribution is -2.40. The van der Waals surface area contributed by atoms with E-state index >= 15 is 0 Å². The number of hydrogen-bond acceptors (Lipinski definition) is 7. The fourth-order valence-corrected chi connectivity index (χ4v) is 5.56. The maximum Gasteiger partial charge on any atom is 0.243 e. The topological polar surface area (TPSA) is 112 Å². The maximum absolute atomic E-state index is 12.9. The van der Waals surface area contributed by atoms with Gasteiger partial charge in [-0.1, -0.05) is 23.4 Å². The van der Waals surface area contributed by atoms with Gasteiger partial charge in [0.1, 0.15) is 11.1 Å². The maximum atomic E-state index is 12.9. The molecule has 31 heavy (non-hydrogen) atoms. The minimum atomic E-state index is -3.72. The Morgan fingerprint density at radius 1 is 1.32 bits per heavy atom. The minimum absolute atomic E-state index is 0.0126. The van der Waals surface area contributed by atoms with Crippen molar-refractivity contribution in [1.29, 1.82) is 5.26 Å². The Balaban J connectivity index is 1.74. The quantitative estimate of drug-likeness (QED) is 0.632. The number of pyridine rings is 1. The molecule has 1 aliphatic heterocycles. The first-order chi connectivity index (χ1) is 14.7. The molecule has 11 heteroatoms. The third-order valence-corrected chi connectivity index (χ3v) is 7.78. The van der Waals surface area contributed by atoms with Gasteiger partial charge in [-0.25, -0.2) is 13.4 Å². The molecule has 0 atom stereocenters. The summed E-state index contributed by atoms with van der Waals surface area (Å²) in [6.07, 6.45) is 0. The Bertz CT molecular complexity index is 1140. The van der Waals surface area contributed by atoms with Crippen LogP contribution >= 0.6 is 23.4 Å². The molecule has 3 rings (SSSR count). The number of thioether (sulfide) groups is 1. The standard InChI is InChI=1S/C20H21ClN4O4S2/c1-13-9-14(2)23-20(16(13)11-22)30-12-19(26)24-18-10-15(3-4-17(18)21)31(27,28)25-5-7-29-8-6-25/h3-4,9-10H,5-8,12H2,1-2H3,(H,24,26). The summed E-state index contributed by atoms with van der Waals surface area (Å²) in [7, 11) is -3.72. The van der Waals surface area contributed by atoms with Gasteiger partial charge in [-0.15, -0.1) is 0 Å². The number of morpholine rings is 1. The molecule has 1 amide bonds. The van der Waals surface area contributed by atoms with Gasteiger partial charge >= 0.3 is 0 Å². The van der Waals surface area contributed by atoms with E-state index in [1.807, 2.05) is 19.9 Å². The Morgan fingerprint density at radius 2 is 2.03 bits per heavy atom. The van der Waals surface area contributed by atoms with Crippen molar-refractivity contribution in [3.8, 4) is 6.07 Å². The van der Waals surface area contributed by atoms with Crippen molar-refractivity contribution in [2.45, 2.75) is 23.8 Å². The molecule has 0 aliphatic carbocycles. The van der Waals surface area contributed by atoms with Gasteiger partial charge in [-0.05, 0) is 43.7 Å². The second-order valence-corrected chi connectivity index (χ2v) is 10.2. The molecule has 1 fully saturated rings. The summed E-state index contributed by atoms with van der Waals surface area (Å²) in [6, 6.07) is 8.13. The molecule has 164 valence electrons. The number of anilines is 1. The summed E-state index contributed by atoms with van der Waals surface area (Å²) in [5.41, 5.74) is 2.18. The lowest BCUT2D eigenvalue weighted by atomic mass is 10.1. The first-order valence-electron chi connectivity index (χ1n) is 9.41. The molecule has 8 nitrogen and oxygen atoms in total. The largest absolute Gasteiger partial charge is 0.379 e. The number of ether oxygens (including phenoxy) is 1. The lowest BCUT2D eigenvalue weighted by Gasteiger charge is -2.26. The monoisotopic (exact) mass is 480 g/mol. The zero-order valence-electron chi connectivity index (χ0n) is 17.0. The molecule has 1 aliphatic rings. The molecule has 0 spiro atoms. The van der Waals surface area contributed by atoms with Crippen molar-refractivity contribution in [1.82, 2.24) is 9.29 Å². The molecule has 1 aromatic heterocycles. The van der Waals surface area contributed by atoms with E-state index in [4.69, 9.17) is 16.3 Å². The number of halogens is 1.